The van der Waals surface area contributed by atoms with Gasteiger partial charge in [-0.25, -0.2) is 4.98 Å². The number of carbonyl (C=O) groups excluding carboxylic acids is 1. The van der Waals surface area contributed by atoms with Crippen LogP contribution < -0.4 is 11.1 Å². The van der Waals surface area contributed by atoms with Gasteiger partial charge in [-0.3, -0.25) is 9.78 Å². The molecule has 0 spiro atoms. The second kappa shape index (κ2) is 7.38. The van der Waals surface area contributed by atoms with Gasteiger partial charge in [-0.15, -0.1) is 24.8 Å². The van der Waals surface area contributed by atoms with Gasteiger partial charge in [-0.2, -0.15) is 0 Å². The fourth-order valence-corrected chi connectivity index (χ4v) is 1.47. The molecule has 7 heteroatoms. The number of amides is 1. The lowest BCUT2D eigenvalue weighted by Crippen LogP contribution is -2.45. The summed E-state index contributed by atoms with van der Waals surface area (Å²) in [5.41, 5.74) is 7.14. The predicted octanol–water partition coefficient (Wildman–Crippen LogP) is 1.94. The number of halogens is 2. The number of nitrogens with two attached hydrogens (primary N) is 1. The highest BCUT2D eigenvalue weighted by Crippen LogP contribution is 2.08. The van der Waals surface area contributed by atoms with Crippen molar-refractivity contribution in [3.05, 3.63) is 36.2 Å². The molecule has 1 aromatic heterocycles. The Bertz CT molecular complexity index is 584. The Morgan fingerprint density at radius 2 is 1.85 bits per heavy atom. The van der Waals surface area contributed by atoms with Gasteiger partial charge in [0.05, 0.1) is 17.2 Å². The highest BCUT2D eigenvalue weighted by molar-refractivity contribution is 5.93. The van der Waals surface area contributed by atoms with Crippen LogP contribution in [0, 0.1) is 0 Å². The summed E-state index contributed by atoms with van der Waals surface area (Å²) < 4.78 is 0. The summed E-state index contributed by atoms with van der Waals surface area (Å²) in [6.07, 6.45) is 1.47. The molecule has 2 aromatic rings. The number of benzene rings is 1. The number of nitrogens with one attached hydrogen (secondary N) is 1. The lowest BCUT2D eigenvalue weighted by atomic mass is 10.1. The van der Waals surface area contributed by atoms with Crippen molar-refractivity contribution in [2.45, 2.75) is 19.4 Å². The van der Waals surface area contributed by atoms with Crippen LogP contribution in [0.4, 0.5) is 0 Å². The number of carbonyl (C=O) groups is 1. The van der Waals surface area contributed by atoms with E-state index in [4.69, 9.17) is 5.73 Å². The summed E-state index contributed by atoms with van der Waals surface area (Å²) in [4.78, 5) is 20.3. The molecule has 0 unspecified atom stereocenters. The van der Waals surface area contributed by atoms with Crippen molar-refractivity contribution < 1.29 is 4.79 Å². The first-order valence-electron chi connectivity index (χ1n) is 5.74. The van der Waals surface area contributed by atoms with E-state index in [1.54, 1.807) is 0 Å². The van der Waals surface area contributed by atoms with Crippen molar-refractivity contribution in [3.63, 3.8) is 0 Å². The van der Waals surface area contributed by atoms with Crippen LogP contribution in [0.2, 0.25) is 0 Å². The maximum Gasteiger partial charge on any atom is 0.271 e. The quantitative estimate of drug-likeness (QED) is 0.906. The van der Waals surface area contributed by atoms with E-state index in [0.717, 1.165) is 5.52 Å². The zero-order valence-corrected chi connectivity index (χ0v) is 12.9. The Morgan fingerprint density at radius 3 is 2.45 bits per heavy atom. The zero-order chi connectivity index (χ0) is 13.2. The van der Waals surface area contributed by atoms with Crippen molar-refractivity contribution in [2.75, 3.05) is 6.54 Å². The van der Waals surface area contributed by atoms with E-state index in [1.807, 2.05) is 38.1 Å². The summed E-state index contributed by atoms with van der Waals surface area (Å²) in [5.74, 6) is -0.258. The summed E-state index contributed by atoms with van der Waals surface area (Å²) >= 11 is 0. The highest BCUT2D eigenvalue weighted by Gasteiger charge is 2.14. The Hall–Kier alpha value is -1.43. The van der Waals surface area contributed by atoms with E-state index in [9.17, 15) is 4.79 Å². The van der Waals surface area contributed by atoms with E-state index >= 15 is 0 Å². The number of hydrogen-bond acceptors (Lipinski definition) is 4. The largest absolute Gasteiger partial charge is 0.349 e. The molecule has 0 atom stereocenters. The van der Waals surface area contributed by atoms with Gasteiger partial charge in [0.2, 0.25) is 0 Å². The monoisotopic (exact) mass is 316 g/mol. The molecule has 5 nitrogen and oxygen atoms in total. The average Bonchev–Trinajstić information content (AvgIpc) is 2.34. The fraction of sp³-hybridized carbons (Fsp3) is 0.308. The molecule has 110 valence electrons. The molecular formula is C13H18Cl2N4O. The van der Waals surface area contributed by atoms with Gasteiger partial charge < -0.3 is 11.1 Å². The van der Waals surface area contributed by atoms with E-state index in [2.05, 4.69) is 15.3 Å². The summed E-state index contributed by atoms with van der Waals surface area (Å²) in [6.45, 7) is 4.08. The van der Waals surface area contributed by atoms with E-state index in [0.29, 0.717) is 17.8 Å². The third kappa shape index (κ3) is 4.92. The van der Waals surface area contributed by atoms with Gasteiger partial charge in [0.1, 0.15) is 5.69 Å². The van der Waals surface area contributed by atoms with Crippen LogP contribution in [0.25, 0.3) is 11.0 Å². The van der Waals surface area contributed by atoms with Crippen LogP contribution in [-0.4, -0.2) is 28.0 Å². The third-order valence-electron chi connectivity index (χ3n) is 2.39. The topological polar surface area (TPSA) is 80.9 Å². The Labute approximate surface area is 130 Å². The molecule has 0 bridgehead atoms. The Balaban J connectivity index is 0.00000180. The lowest BCUT2D eigenvalue weighted by molar-refractivity contribution is 0.0941. The molecule has 0 aliphatic carbocycles. The van der Waals surface area contributed by atoms with Crippen molar-refractivity contribution in [3.8, 4) is 0 Å². The van der Waals surface area contributed by atoms with Crippen LogP contribution >= 0.6 is 24.8 Å². The SMILES string of the molecule is CC(C)(N)CNC(=O)c1cnc2ccccc2n1.Cl.Cl. The second-order valence-electron chi connectivity index (χ2n) is 4.92. The Morgan fingerprint density at radius 1 is 1.25 bits per heavy atom. The average molecular weight is 317 g/mol. The molecule has 0 aliphatic rings. The maximum absolute atomic E-state index is 11.9. The standard InChI is InChI=1S/C13H16N4O.2ClH/c1-13(2,14)8-16-12(18)11-7-15-9-5-3-4-6-10(9)17-11;;/h3-7H,8,14H2,1-2H3,(H,16,18);2*1H. The smallest absolute Gasteiger partial charge is 0.271 e. The van der Waals surface area contributed by atoms with Gasteiger partial charge in [-0.1, -0.05) is 12.1 Å². The number of para-hydroxylation sites is 2. The van der Waals surface area contributed by atoms with E-state index in [1.165, 1.54) is 6.20 Å². The molecule has 0 saturated carbocycles. The van der Waals surface area contributed by atoms with Gasteiger partial charge in [0.25, 0.3) is 5.91 Å². The number of hydrogen-bond donors (Lipinski definition) is 2. The number of nitrogens with zero attached hydrogens (tertiary/aromatic N) is 2. The molecule has 0 fully saturated rings. The molecule has 20 heavy (non-hydrogen) atoms. The van der Waals surface area contributed by atoms with Crippen LogP contribution in [0.1, 0.15) is 24.3 Å². The molecule has 0 aliphatic heterocycles. The number of fused-ring (bicyclic) bond motifs is 1. The van der Waals surface area contributed by atoms with Gasteiger partial charge in [0.15, 0.2) is 0 Å². The first-order chi connectivity index (χ1) is 8.46. The first kappa shape index (κ1) is 18.6. The molecule has 0 radical (unpaired) electrons. The molecule has 3 N–H and O–H groups in total. The van der Waals surface area contributed by atoms with E-state index < -0.39 is 5.54 Å². The maximum atomic E-state index is 11.9. The first-order valence-corrected chi connectivity index (χ1v) is 5.74. The van der Waals surface area contributed by atoms with Crippen molar-refractivity contribution in [1.82, 2.24) is 15.3 Å². The Kier molecular flexibility index (Phi) is 6.85. The summed E-state index contributed by atoms with van der Waals surface area (Å²) in [7, 11) is 0. The summed E-state index contributed by atoms with van der Waals surface area (Å²) in [6, 6.07) is 7.42. The third-order valence-corrected chi connectivity index (χ3v) is 2.39. The predicted molar refractivity (Wildman–Crippen MR) is 84.6 cm³/mol. The number of rotatable bonds is 3. The molecule has 1 aromatic carbocycles. The normalized spacial score (nSPS) is 10.3. The lowest BCUT2D eigenvalue weighted by Gasteiger charge is -2.18. The van der Waals surface area contributed by atoms with Gasteiger partial charge in [-0.05, 0) is 26.0 Å². The van der Waals surface area contributed by atoms with Crippen LogP contribution in [0.5, 0.6) is 0 Å². The summed E-state index contributed by atoms with van der Waals surface area (Å²) in [5, 5.41) is 2.74. The minimum absolute atomic E-state index is 0. The minimum Gasteiger partial charge on any atom is -0.349 e. The second-order valence-corrected chi connectivity index (χ2v) is 4.92. The van der Waals surface area contributed by atoms with Crippen molar-refractivity contribution in [1.29, 1.82) is 0 Å². The zero-order valence-electron chi connectivity index (χ0n) is 11.3. The van der Waals surface area contributed by atoms with Gasteiger partial charge in [0, 0.05) is 12.1 Å². The fourth-order valence-electron chi connectivity index (χ4n) is 1.47. The van der Waals surface area contributed by atoms with Crippen molar-refractivity contribution >= 4 is 41.8 Å². The molecule has 0 saturated heterocycles. The van der Waals surface area contributed by atoms with Crippen LogP contribution in [-0.2, 0) is 0 Å². The van der Waals surface area contributed by atoms with E-state index in [-0.39, 0.29) is 30.7 Å². The van der Waals surface area contributed by atoms with Crippen LogP contribution in [0.15, 0.2) is 30.5 Å². The minimum atomic E-state index is -0.445. The van der Waals surface area contributed by atoms with Crippen molar-refractivity contribution in [2.24, 2.45) is 5.73 Å². The molecule has 1 heterocycles. The number of aromatic nitrogens is 2. The van der Waals surface area contributed by atoms with Crippen LogP contribution in [0.3, 0.4) is 0 Å². The highest BCUT2D eigenvalue weighted by atomic mass is 35.5. The van der Waals surface area contributed by atoms with Gasteiger partial charge >= 0.3 is 0 Å². The molecule has 1 amide bonds. The molecular weight excluding hydrogens is 299 g/mol. The molecule has 2 rings (SSSR count).